The number of ether oxygens (including phenoxy) is 1. The van der Waals surface area contributed by atoms with Gasteiger partial charge in [-0.1, -0.05) is 25.5 Å². The number of carbonyl (C=O) groups excluding carboxylic acids is 1. The predicted molar refractivity (Wildman–Crippen MR) is 69.7 cm³/mol. The lowest BCUT2D eigenvalue weighted by molar-refractivity contribution is -0.124. The van der Waals surface area contributed by atoms with Crippen LogP contribution in [0.3, 0.4) is 0 Å². The molecule has 0 radical (unpaired) electrons. The molecule has 1 aliphatic rings. The molecule has 0 aliphatic heterocycles. The summed E-state index contributed by atoms with van der Waals surface area (Å²) in [5, 5.41) is 3.01. The fourth-order valence-corrected chi connectivity index (χ4v) is 2.47. The van der Waals surface area contributed by atoms with Crippen LogP contribution in [0.25, 0.3) is 0 Å². The van der Waals surface area contributed by atoms with Gasteiger partial charge in [0, 0.05) is 13.2 Å². The second kappa shape index (κ2) is 5.21. The van der Waals surface area contributed by atoms with Crippen molar-refractivity contribution in [2.75, 3.05) is 13.7 Å². The number of methoxy groups -OCH3 is 1. The zero-order chi connectivity index (χ0) is 13.2. The van der Waals surface area contributed by atoms with Gasteiger partial charge in [0.1, 0.15) is 0 Å². The molecule has 3 heteroatoms. The lowest BCUT2D eigenvalue weighted by Crippen LogP contribution is -2.37. The molecule has 3 nitrogen and oxygen atoms in total. The molecular weight excluding hydrogens is 214 g/mol. The molecule has 0 spiro atoms. The minimum Gasteiger partial charge on any atom is -0.383 e. The SMILES string of the molecule is COC[C@H](C)NC(=O)[C@@H]1[C@@H](C=C(C)C)C1(C)C. The van der Waals surface area contributed by atoms with Crippen molar-refractivity contribution in [3.05, 3.63) is 11.6 Å². The molecule has 1 N–H and O–H groups in total. The van der Waals surface area contributed by atoms with Gasteiger partial charge in [-0.2, -0.15) is 0 Å². The molecule has 1 rings (SSSR count). The zero-order valence-corrected chi connectivity index (χ0v) is 11.8. The molecule has 0 aromatic heterocycles. The van der Waals surface area contributed by atoms with Crippen molar-refractivity contribution in [3.63, 3.8) is 0 Å². The van der Waals surface area contributed by atoms with Crippen LogP contribution in [-0.2, 0) is 9.53 Å². The first kappa shape index (κ1) is 14.2. The maximum absolute atomic E-state index is 12.1. The average Bonchev–Trinajstić information content (AvgIpc) is 2.66. The molecule has 3 atom stereocenters. The van der Waals surface area contributed by atoms with Gasteiger partial charge in [-0.25, -0.2) is 0 Å². The van der Waals surface area contributed by atoms with Crippen molar-refractivity contribution in [2.24, 2.45) is 17.3 Å². The van der Waals surface area contributed by atoms with Crippen molar-refractivity contribution < 1.29 is 9.53 Å². The van der Waals surface area contributed by atoms with Gasteiger partial charge in [-0.3, -0.25) is 4.79 Å². The number of allylic oxidation sites excluding steroid dienone is 2. The smallest absolute Gasteiger partial charge is 0.224 e. The van der Waals surface area contributed by atoms with E-state index in [0.29, 0.717) is 12.5 Å². The Labute approximate surface area is 105 Å². The van der Waals surface area contributed by atoms with E-state index in [4.69, 9.17) is 4.74 Å². The van der Waals surface area contributed by atoms with Crippen molar-refractivity contribution >= 4 is 5.91 Å². The van der Waals surface area contributed by atoms with Crippen LogP contribution < -0.4 is 5.32 Å². The molecule has 1 fully saturated rings. The maximum atomic E-state index is 12.1. The highest BCUT2D eigenvalue weighted by Gasteiger charge is 2.60. The summed E-state index contributed by atoms with van der Waals surface area (Å²) >= 11 is 0. The summed E-state index contributed by atoms with van der Waals surface area (Å²) in [6, 6.07) is 0.0799. The average molecular weight is 239 g/mol. The molecular formula is C14H25NO2. The first-order valence-electron chi connectivity index (χ1n) is 6.25. The number of hydrogen-bond acceptors (Lipinski definition) is 2. The van der Waals surface area contributed by atoms with E-state index in [-0.39, 0.29) is 23.3 Å². The van der Waals surface area contributed by atoms with Gasteiger partial charge >= 0.3 is 0 Å². The minimum atomic E-state index is 0.0799. The van der Waals surface area contributed by atoms with Crippen LogP contribution in [0.5, 0.6) is 0 Å². The van der Waals surface area contributed by atoms with E-state index < -0.39 is 0 Å². The summed E-state index contributed by atoms with van der Waals surface area (Å²) in [6.07, 6.45) is 2.21. The monoisotopic (exact) mass is 239 g/mol. The van der Waals surface area contributed by atoms with Crippen LogP contribution in [0, 0.1) is 17.3 Å². The summed E-state index contributed by atoms with van der Waals surface area (Å²) in [5.74, 6) is 0.640. The third-order valence-electron chi connectivity index (χ3n) is 3.51. The fourth-order valence-electron chi connectivity index (χ4n) is 2.47. The molecule has 0 bridgehead atoms. The second-order valence-electron chi connectivity index (χ2n) is 5.93. The Bertz CT molecular complexity index is 316. The van der Waals surface area contributed by atoms with Crippen molar-refractivity contribution in [1.82, 2.24) is 5.32 Å². The third-order valence-corrected chi connectivity index (χ3v) is 3.51. The highest BCUT2D eigenvalue weighted by molar-refractivity contribution is 5.83. The van der Waals surface area contributed by atoms with E-state index in [0.717, 1.165) is 0 Å². The van der Waals surface area contributed by atoms with Crippen molar-refractivity contribution in [1.29, 1.82) is 0 Å². The number of carbonyl (C=O) groups is 1. The Balaban J connectivity index is 2.57. The highest BCUT2D eigenvalue weighted by atomic mass is 16.5. The molecule has 0 aromatic carbocycles. The summed E-state index contributed by atoms with van der Waals surface area (Å²) in [4.78, 5) is 12.1. The Morgan fingerprint density at radius 3 is 2.53 bits per heavy atom. The van der Waals surface area contributed by atoms with Crippen LogP contribution in [0.1, 0.15) is 34.6 Å². The molecule has 0 unspecified atom stereocenters. The van der Waals surface area contributed by atoms with Gasteiger partial charge in [0.15, 0.2) is 0 Å². The first-order valence-corrected chi connectivity index (χ1v) is 6.25. The lowest BCUT2D eigenvalue weighted by Gasteiger charge is -2.13. The van der Waals surface area contributed by atoms with E-state index in [1.807, 2.05) is 6.92 Å². The Hall–Kier alpha value is -0.830. The van der Waals surface area contributed by atoms with Gasteiger partial charge in [0.25, 0.3) is 0 Å². The second-order valence-corrected chi connectivity index (χ2v) is 5.93. The van der Waals surface area contributed by atoms with Crippen LogP contribution in [-0.4, -0.2) is 25.7 Å². The lowest BCUT2D eigenvalue weighted by atomic mass is 10.1. The van der Waals surface area contributed by atoms with Gasteiger partial charge in [-0.05, 0) is 32.1 Å². The maximum Gasteiger partial charge on any atom is 0.224 e. The van der Waals surface area contributed by atoms with Crippen LogP contribution >= 0.6 is 0 Å². The predicted octanol–water partition coefficient (Wildman–Crippen LogP) is 2.38. The number of hydrogen-bond donors (Lipinski definition) is 1. The van der Waals surface area contributed by atoms with Gasteiger partial charge in [-0.15, -0.1) is 0 Å². The fraction of sp³-hybridized carbons (Fsp3) is 0.786. The molecule has 98 valence electrons. The van der Waals surface area contributed by atoms with Gasteiger partial charge < -0.3 is 10.1 Å². The Morgan fingerprint density at radius 1 is 1.47 bits per heavy atom. The van der Waals surface area contributed by atoms with E-state index in [1.54, 1.807) is 7.11 Å². The van der Waals surface area contributed by atoms with Crippen LogP contribution in [0.4, 0.5) is 0 Å². The molecule has 0 heterocycles. The topological polar surface area (TPSA) is 38.3 Å². The first-order chi connectivity index (χ1) is 7.80. The Morgan fingerprint density at radius 2 is 2.06 bits per heavy atom. The molecule has 17 heavy (non-hydrogen) atoms. The third kappa shape index (κ3) is 3.32. The van der Waals surface area contributed by atoms with E-state index in [1.165, 1.54) is 5.57 Å². The molecule has 0 saturated heterocycles. The normalized spacial score (nSPS) is 27.2. The standard InChI is InChI=1S/C14H25NO2/c1-9(2)7-11-12(14(11,4)5)13(16)15-10(3)8-17-6/h7,10-12H,8H2,1-6H3,(H,15,16)/t10-,11+,12-/m0/s1. The van der Waals surface area contributed by atoms with Gasteiger partial charge in [0.05, 0.1) is 12.5 Å². The van der Waals surface area contributed by atoms with E-state index >= 15 is 0 Å². The highest BCUT2D eigenvalue weighted by Crippen LogP contribution is 2.59. The van der Waals surface area contributed by atoms with Crippen molar-refractivity contribution in [2.45, 2.75) is 40.7 Å². The molecule has 1 aliphatic carbocycles. The van der Waals surface area contributed by atoms with Crippen LogP contribution in [0.2, 0.25) is 0 Å². The number of rotatable bonds is 5. The summed E-state index contributed by atoms with van der Waals surface area (Å²) in [5.41, 5.74) is 1.37. The zero-order valence-electron chi connectivity index (χ0n) is 11.8. The van der Waals surface area contributed by atoms with Crippen LogP contribution in [0.15, 0.2) is 11.6 Å². The Kier molecular flexibility index (Phi) is 4.36. The van der Waals surface area contributed by atoms with E-state index in [2.05, 4.69) is 39.1 Å². The quantitative estimate of drug-likeness (QED) is 0.748. The molecule has 0 aromatic rings. The van der Waals surface area contributed by atoms with E-state index in [9.17, 15) is 4.79 Å². The van der Waals surface area contributed by atoms with Gasteiger partial charge in [0.2, 0.25) is 5.91 Å². The summed E-state index contributed by atoms with van der Waals surface area (Å²) < 4.78 is 5.02. The van der Waals surface area contributed by atoms with Crippen molar-refractivity contribution in [3.8, 4) is 0 Å². The largest absolute Gasteiger partial charge is 0.383 e. The summed E-state index contributed by atoms with van der Waals surface area (Å²) in [6.45, 7) is 11.0. The molecule has 1 amide bonds. The number of amides is 1. The summed E-state index contributed by atoms with van der Waals surface area (Å²) in [7, 11) is 1.65. The minimum absolute atomic E-state index is 0.0799. The molecule has 1 saturated carbocycles. The number of nitrogens with one attached hydrogen (secondary N) is 1.